The third kappa shape index (κ3) is 8.68. The van der Waals surface area contributed by atoms with Gasteiger partial charge in [0.2, 0.25) is 5.91 Å². The number of hydrogen-bond donors (Lipinski definition) is 2. The molecule has 0 bridgehead atoms. The Balaban J connectivity index is 3.64. The third-order valence-electron chi connectivity index (χ3n) is 2.39. The first-order chi connectivity index (χ1) is 7.37. The van der Waals surface area contributed by atoms with Gasteiger partial charge >= 0.3 is 0 Å². The number of aliphatic hydroxyl groups is 1. The summed E-state index contributed by atoms with van der Waals surface area (Å²) in [6.07, 6.45) is 4.66. The molecule has 0 aliphatic carbocycles. The van der Waals surface area contributed by atoms with E-state index in [0.29, 0.717) is 13.0 Å². The molecule has 0 unspecified atom stereocenters. The van der Waals surface area contributed by atoms with Gasteiger partial charge in [0, 0.05) is 20.0 Å². The lowest BCUT2D eigenvalue weighted by Crippen LogP contribution is -2.39. The Hall–Kier alpha value is -0.610. The van der Waals surface area contributed by atoms with E-state index in [-0.39, 0.29) is 5.91 Å². The van der Waals surface area contributed by atoms with E-state index in [1.165, 1.54) is 0 Å². The smallest absolute Gasteiger partial charge is 0.222 e. The predicted molar refractivity (Wildman–Crippen MR) is 66.1 cm³/mol. The monoisotopic (exact) mass is 230 g/mol. The Morgan fingerprint density at radius 1 is 1.25 bits per heavy atom. The van der Waals surface area contributed by atoms with E-state index < -0.39 is 5.60 Å². The summed E-state index contributed by atoms with van der Waals surface area (Å²) in [5.74, 6) is 0.106. The van der Waals surface area contributed by atoms with E-state index in [1.807, 2.05) is 0 Å². The second-order valence-corrected chi connectivity index (χ2v) is 5.02. The number of unbranched alkanes of at least 4 members (excludes halogenated alkanes) is 3. The van der Waals surface area contributed by atoms with Crippen LogP contribution in [0.5, 0.6) is 0 Å². The highest BCUT2D eigenvalue weighted by Gasteiger charge is 2.18. The van der Waals surface area contributed by atoms with Gasteiger partial charge in [-0.1, -0.05) is 12.8 Å². The van der Waals surface area contributed by atoms with Crippen molar-refractivity contribution in [2.24, 2.45) is 5.73 Å². The summed E-state index contributed by atoms with van der Waals surface area (Å²) in [4.78, 5) is 13.2. The number of nitrogens with two attached hydrogens (primary N) is 1. The molecule has 4 heteroatoms. The number of carbonyl (C=O) groups is 1. The lowest BCUT2D eigenvalue weighted by atomic mass is 10.1. The van der Waals surface area contributed by atoms with Gasteiger partial charge in [-0.3, -0.25) is 4.79 Å². The van der Waals surface area contributed by atoms with Crippen LogP contribution in [0.2, 0.25) is 0 Å². The molecular formula is C12H26N2O2. The minimum absolute atomic E-state index is 0.106. The van der Waals surface area contributed by atoms with Gasteiger partial charge in [-0.2, -0.15) is 0 Å². The molecule has 3 N–H and O–H groups in total. The van der Waals surface area contributed by atoms with Crippen LogP contribution >= 0.6 is 0 Å². The lowest BCUT2D eigenvalue weighted by Gasteiger charge is -2.25. The molecule has 0 aliphatic rings. The molecule has 0 aromatic heterocycles. The number of rotatable bonds is 8. The summed E-state index contributed by atoms with van der Waals surface area (Å²) in [5.41, 5.74) is 4.57. The molecule has 1 amide bonds. The van der Waals surface area contributed by atoms with Crippen molar-refractivity contribution in [3.63, 3.8) is 0 Å². The fraction of sp³-hybridized carbons (Fsp3) is 0.917. The molecule has 0 aromatic rings. The van der Waals surface area contributed by atoms with Crippen molar-refractivity contribution in [3.05, 3.63) is 0 Å². The summed E-state index contributed by atoms with van der Waals surface area (Å²) in [7, 11) is 1.74. The normalized spacial score (nSPS) is 11.6. The van der Waals surface area contributed by atoms with E-state index in [4.69, 9.17) is 5.73 Å². The quantitative estimate of drug-likeness (QED) is 0.614. The molecule has 4 nitrogen and oxygen atoms in total. The first-order valence-electron chi connectivity index (χ1n) is 6.03. The molecule has 0 aromatic carbocycles. The maximum atomic E-state index is 11.6. The van der Waals surface area contributed by atoms with Gasteiger partial charge < -0.3 is 15.7 Å². The van der Waals surface area contributed by atoms with Crippen LogP contribution in [0.25, 0.3) is 0 Å². The van der Waals surface area contributed by atoms with Crippen LogP contribution in [0.4, 0.5) is 0 Å². The molecule has 0 saturated carbocycles. The van der Waals surface area contributed by atoms with E-state index in [0.717, 1.165) is 32.2 Å². The Kier molecular flexibility index (Phi) is 7.34. The van der Waals surface area contributed by atoms with Gasteiger partial charge in [-0.05, 0) is 33.2 Å². The van der Waals surface area contributed by atoms with Crippen molar-refractivity contribution >= 4 is 5.91 Å². The van der Waals surface area contributed by atoms with E-state index in [2.05, 4.69) is 0 Å². The SMILES string of the molecule is CN(CC(C)(C)O)C(=O)CCCCCCN. The predicted octanol–water partition coefficient (Wildman–Crippen LogP) is 1.12. The first kappa shape index (κ1) is 15.4. The molecule has 0 aliphatic heterocycles. The fourth-order valence-electron chi connectivity index (χ4n) is 1.63. The Labute approximate surface area is 98.8 Å². The Bertz CT molecular complexity index is 200. The van der Waals surface area contributed by atoms with E-state index >= 15 is 0 Å². The van der Waals surface area contributed by atoms with Crippen molar-refractivity contribution in [2.45, 2.75) is 51.6 Å². The molecular weight excluding hydrogens is 204 g/mol. The van der Waals surface area contributed by atoms with Crippen LogP contribution in [-0.4, -0.2) is 41.7 Å². The Morgan fingerprint density at radius 3 is 2.31 bits per heavy atom. The minimum atomic E-state index is -0.816. The fourth-order valence-corrected chi connectivity index (χ4v) is 1.63. The van der Waals surface area contributed by atoms with E-state index in [1.54, 1.807) is 25.8 Å². The molecule has 0 spiro atoms. The van der Waals surface area contributed by atoms with Gasteiger partial charge in [-0.25, -0.2) is 0 Å². The Morgan fingerprint density at radius 2 is 1.81 bits per heavy atom. The molecule has 0 atom stereocenters. The van der Waals surface area contributed by atoms with Crippen LogP contribution in [0.1, 0.15) is 46.0 Å². The van der Waals surface area contributed by atoms with Crippen molar-refractivity contribution in [1.29, 1.82) is 0 Å². The molecule has 16 heavy (non-hydrogen) atoms. The number of carbonyl (C=O) groups excluding carboxylic acids is 1. The van der Waals surface area contributed by atoms with Crippen LogP contribution in [-0.2, 0) is 4.79 Å². The zero-order valence-corrected chi connectivity index (χ0v) is 10.8. The van der Waals surface area contributed by atoms with Gasteiger partial charge in [0.15, 0.2) is 0 Å². The standard InChI is InChI=1S/C12H26N2O2/c1-12(2,16)10-14(3)11(15)8-6-4-5-7-9-13/h16H,4-10,13H2,1-3H3. The minimum Gasteiger partial charge on any atom is -0.389 e. The van der Waals surface area contributed by atoms with Crippen molar-refractivity contribution in [3.8, 4) is 0 Å². The first-order valence-corrected chi connectivity index (χ1v) is 6.03. The second-order valence-electron chi connectivity index (χ2n) is 5.02. The zero-order chi connectivity index (χ0) is 12.6. The topological polar surface area (TPSA) is 66.6 Å². The summed E-state index contributed by atoms with van der Waals surface area (Å²) in [5, 5.41) is 9.57. The van der Waals surface area contributed by atoms with Crippen molar-refractivity contribution in [1.82, 2.24) is 4.90 Å². The van der Waals surface area contributed by atoms with Crippen molar-refractivity contribution < 1.29 is 9.90 Å². The van der Waals surface area contributed by atoms with Crippen molar-refractivity contribution in [2.75, 3.05) is 20.1 Å². The largest absolute Gasteiger partial charge is 0.389 e. The van der Waals surface area contributed by atoms with Crippen LogP contribution < -0.4 is 5.73 Å². The molecule has 0 saturated heterocycles. The van der Waals surface area contributed by atoms with Gasteiger partial charge in [0.1, 0.15) is 0 Å². The maximum absolute atomic E-state index is 11.6. The zero-order valence-electron chi connectivity index (χ0n) is 10.8. The van der Waals surface area contributed by atoms with Gasteiger partial charge in [0.25, 0.3) is 0 Å². The molecule has 0 radical (unpaired) electrons. The van der Waals surface area contributed by atoms with Crippen LogP contribution in [0.15, 0.2) is 0 Å². The summed E-state index contributed by atoms with van der Waals surface area (Å²) < 4.78 is 0. The van der Waals surface area contributed by atoms with Gasteiger partial charge in [-0.15, -0.1) is 0 Å². The van der Waals surface area contributed by atoms with Crippen LogP contribution in [0, 0.1) is 0 Å². The molecule has 0 heterocycles. The number of hydrogen-bond acceptors (Lipinski definition) is 3. The highest BCUT2D eigenvalue weighted by Crippen LogP contribution is 2.07. The van der Waals surface area contributed by atoms with Gasteiger partial charge in [0.05, 0.1) is 5.60 Å². The van der Waals surface area contributed by atoms with Crippen LogP contribution in [0.3, 0.4) is 0 Å². The number of likely N-dealkylation sites (N-methyl/N-ethyl adjacent to an activating group) is 1. The van der Waals surface area contributed by atoms with E-state index in [9.17, 15) is 9.90 Å². The highest BCUT2D eigenvalue weighted by molar-refractivity contribution is 5.75. The average Bonchev–Trinajstić information content (AvgIpc) is 2.14. The summed E-state index contributed by atoms with van der Waals surface area (Å²) >= 11 is 0. The number of amides is 1. The average molecular weight is 230 g/mol. The molecule has 96 valence electrons. The highest BCUT2D eigenvalue weighted by atomic mass is 16.3. The summed E-state index contributed by atoms with van der Waals surface area (Å²) in [6, 6.07) is 0. The number of nitrogens with zero attached hydrogens (tertiary/aromatic N) is 1. The summed E-state index contributed by atoms with van der Waals surface area (Å²) in [6.45, 7) is 4.53. The second kappa shape index (κ2) is 7.63. The third-order valence-corrected chi connectivity index (χ3v) is 2.39. The lowest BCUT2D eigenvalue weighted by molar-refractivity contribution is -0.132. The maximum Gasteiger partial charge on any atom is 0.222 e. The molecule has 0 fully saturated rings. The molecule has 0 rings (SSSR count).